The van der Waals surface area contributed by atoms with Gasteiger partial charge < -0.3 is 14.8 Å². The summed E-state index contributed by atoms with van der Waals surface area (Å²) < 4.78 is 10.9. The summed E-state index contributed by atoms with van der Waals surface area (Å²) >= 11 is 0. The Hall–Kier alpha value is -0.160. The van der Waals surface area contributed by atoms with Gasteiger partial charge in [0.1, 0.15) is 0 Å². The van der Waals surface area contributed by atoms with Crippen LogP contribution in [0.5, 0.6) is 0 Å². The third-order valence-electron chi connectivity index (χ3n) is 3.32. The summed E-state index contributed by atoms with van der Waals surface area (Å²) in [4.78, 5) is 2.49. The molecule has 2 saturated heterocycles. The van der Waals surface area contributed by atoms with Crippen LogP contribution in [0.3, 0.4) is 0 Å². The topological polar surface area (TPSA) is 33.7 Å². The van der Waals surface area contributed by atoms with Gasteiger partial charge in [-0.2, -0.15) is 0 Å². The smallest absolute Gasteiger partial charge is 0.0711 e. The van der Waals surface area contributed by atoms with E-state index in [1.807, 2.05) is 0 Å². The number of hydrogen-bond donors (Lipinski definition) is 1. The Morgan fingerprint density at radius 2 is 2.40 bits per heavy atom. The molecule has 2 heterocycles. The number of ether oxygens (including phenoxy) is 2. The molecule has 0 amide bonds. The summed E-state index contributed by atoms with van der Waals surface area (Å²) in [6, 6.07) is 0.597. The molecule has 15 heavy (non-hydrogen) atoms. The molecule has 2 fully saturated rings. The molecule has 4 nitrogen and oxygen atoms in total. The number of rotatable bonds is 3. The van der Waals surface area contributed by atoms with Crippen LogP contribution in [0.4, 0.5) is 0 Å². The van der Waals surface area contributed by atoms with Crippen molar-refractivity contribution in [2.45, 2.75) is 31.6 Å². The molecule has 2 aliphatic rings. The maximum atomic E-state index is 5.53. The minimum absolute atomic E-state index is 0.387. The molecule has 0 spiro atoms. The summed E-state index contributed by atoms with van der Waals surface area (Å²) in [6.07, 6.45) is 1.94. The Morgan fingerprint density at radius 1 is 1.53 bits per heavy atom. The molecule has 3 unspecified atom stereocenters. The predicted molar refractivity (Wildman–Crippen MR) is 59.1 cm³/mol. The highest BCUT2D eigenvalue weighted by atomic mass is 16.5. The summed E-state index contributed by atoms with van der Waals surface area (Å²) in [5.41, 5.74) is 0. The minimum atomic E-state index is 0.387. The second kappa shape index (κ2) is 5.25. The van der Waals surface area contributed by atoms with E-state index in [1.54, 1.807) is 7.11 Å². The van der Waals surface area contributed by atoms with Crippen LogP contribution in [0.25, 0.3) is 0 Å². The summed E-state index contributed by atoms with van der Waals surface area (Å²) in [5.74, 6) is 0. The van der Waals surface area contributed by atoms with Crippen molar-refractivity contribution in [1.82, 2.24) is 10.2 Å². The van der Waals surface area contributed by atoms with Crippen molar-refractivity contribution in [3.8, 4) is 0 Å². The number of hydrogen-bond acceptors (Lipinski definition) is 4. The lowest BCUT2D eigenvalue weighted by atomic mass is 10.1. The van der Waals surface area contributed by atoms with Gasteiger partial charge in [0, 0.05) is 39.3 Å². The fourth-order valence-electron chi connectivity index (χ4n) is 2.47. The van der Waals surface area contributed by atoms with Gasteiger partial charge in [-0.3, -0.25) is 4.90 Å². The molecule has 0 saturated carbocycles. The van der Waals surface area contributed by atoms with Crippen LogP contribution in [0.2, 0.25) is 0 Å². The second-order valence-electron chi connectivity index (χ2n) is 4.64. The Labute approximate surface area is 91.9 Å². The molecule has 3 atom stereocenters. The highest BCUT2D eigenvalue weighted by Crippen LogP contribution is 2.12. The zero-order chi connectivity index (χ0) is 10.7. The third kappa shape index (κ3) is 3.14. The maximum Gasteiger partial charge on any atom is 0.0711 e. The first-order chi connectivity index (χ1) is 7.28. The highest BCUT2D eigenvalue weighted by molar-refractivity contribution is 4.85. The number of nitrogens with zero attached hydrogens (tertiary/aromatic N) is 1. The molecule has 0 radical (unpaired) electrons. The fraction of sp³-hybridized carbons (Fsp3) is 1.00. The maximum absolute atomic E-state index is 5.53. The molecular formula is C11H22N2O2. The van der Waals surface area contributed by atoms with E-state index in [0.717, 1.165) is 39.2 Å². The van der Waals surface area contributed by atoms with Crippen LogP contribution in [0.1, 0.15) is 13.3 Å². The molecule has 0 aromatic heterocycles. The van der Waals surface area contributed by atoms with Crippen LogP contribution in [-0.2, 0) is 9.47 Å². The van der Waals surface area contributed by atoms with Gasteiger partial charge in [0.05, 0.1) is 18.8 Å². The first kappa shape index (κ1) is 11.3. The van der Waals surface area contributed by atoms with Gasteiger partial charge in [-0.1, -0.05) is 0 Å². The SMILES string of the molecule is COC1CNC(CN2CCOC(C)C2)C1. The van der Waals surface area contributed by atoms with E-state index in [2.05, 4.69) is 17.1 Å². The Balaban J connectivity index is 1.72. The van der Waals surface area contributed by atoms with Crippen LogP contribution in [0, 0.1) is 0 Å². The lowest BCUT2D eigenvalue weighted by molar-refractivity contribution is -0.0207. The van der Waals surface area contributed by atoms with E-state index in [9.17, 15) is 0 Å². The van der Waals surface area contributed by atoms with Gasteiger partial charge in [0.2, 0.25) is 0 Å². The summed E-state index contributed by atoms with van der Waals surface area (Å²) in [6.45, 7) is 7.29. The molecule has 2 aliphatic heterocycles. The third-order valence-corrected chi connectivity index (χ3v) is 3.32. The average Bonchev–Trinajstić information content (AvgIpc) is 2.65. The van der Waals surface area contributed by atoms with E-state index in [0.29, 0.717) is 18.2 Å². The summed E-state index contributed by atoms with van der Waals surface area (Å²) in [5, 5.41) is 3.51. The second-order valence-corrected chi connectivity index (χ2v) is 4.64. The molecule has 0 aromatic rings. The largest absolute Gasteiger partial charge is 0.380 e. The van der Waals surface area contributed by atoms with Crippen molar-refractivity contribution in [3.63, 3.8) is 0 Å². The van der Waals surface area contributed by atoms with Gasteiger partial charge in [-0.05, 0) is 13.3 Å². The quantitative estimate of drug-likeness (QED) is 0.721. The zero-order valence-corrected chi connectivity index (χ0v) is 9.74. The first-order valence-electron chi connectivity index (χ1n) is 5.88. The Bertz CT molecular complexity index is 201. The van der Waals surface area contributed by atoms with Crippen molar-refractivity contribution in [2.75, 3.05) is 39.9 Å². The van der Waals surface area contributed by atoms with Gasteiger partial charge in [-0.25, -0.2) is 0 Å². The molecule has 4 heteroatoms. The van der Waals surface area contributed by atoms with E-state index >= 15 is 0 Å². The van der Waals surface area contributed by atoms with Gasteiger partial charge in [-0.15, -0.1) is 0 Å². The molecule has 88 valence electrons. The predicted octanol–water partition coefficient (Wildman–Crippen LogP) is 0.0840. The van der Waals surface area contributed by atoms with Crippen LogP contribution in [0.15, 0.2) is 0 Å². The normalized spacial score (nSPS) is 38.4. The molecule has 0 aromatic carbocycles. The standard InChI is InChI=1S/C11H22N2O2/c1-9-7-13(3-4-15-9)8-10-5-11(14-2)6-12-10/h9-12H,3-8H2,1-2H3. The molecule has 0 bridgehead atoms. The van der Waals surface area contributed by atoms with E-state index < -0.39 is 0 Å². The number of morpholine rings is 1. The highest BCUT2D eigenvalue weighted by Gasteiger charge is 2.27. The summed E-state index contributed by atoms with van der Waals surface area (Å²) in [7, 11) is 1.80. The fourth-order valence-corrected chi connectivity index (χ4v) is 2.47. The molecule has 2 rings (SSSR count). The van der Waals surface area contributed by atoms with Gasteiger partial charge in [0.25, 0.3) is 0 Å². The van der Waals surface area contributed by atoms with E-state index in [1.165, 1.54) is 0 Å². The minimum Gasteiger partial charge on any atom is -0.380 e. The molecule has 1 N–H and O–H groups in total. The average molecular weight is 214 g/mol. The van der Waals surface area contributed by atoms with Crippen LogP contribution < -0.4 is 5.32 Å². The van der Waals surface area contributed by atoms with E-state index in [-0.39, 0.29) is 0 Å². The van der Waals surface area contributed by atoms with Crippen LogP contribution >= 0.6 is 0 Å². The van der Waals surface area contributed by atoms with Gasteiger partial charge in [0.15, 0.2) is 0 Å². The lowest BCUT2D eigenvalue weighted by Crippen LogP contribution is -2.46. The Kier molecular flexibility index (Phi) is 3.97. The lowest BCUT2D eigenvalue weighted by Gasteiger charge is -2.32. The Morgan fingerprint density at radius 3 is 3.07 bits per heavy atom. The van der Waals surface area contributed by atoms with Crippen LogP contribution in [-0.4, -0.2) is 63.0 Å². The molecule has 0 aliphatic carbocycles. The van der Waals surface area contributed by atoms with Crippen molar-refractivity contribution < 1.29 is 9.47 Å². The monoisotopic (exact) mass is 214 g/mol. The van der Waals surface area contributed by atoms with Crippen molar-refractivity contribution in [2.24, 2.45) is 0 Å². The zero-order valence-electron chi connectivity index (χ0n) is 9.74. The number of nitrogens with one attached hydrogen (secondary N) is 1. The van der Waals surface area contributed by atoms with Crippen molar-refractivity contribution in [1.29, 1.82) is 0 Å². The van der Waals surface area contributed by atoms with Crippen molar-refractivity contribution >= 4 is 0 Å². The van der Waals surface area contributed by atoms with E-state index in [4.69, 9.17) is 9.47 Å². The van der Waals surface area contributed by atoms with Crippen molar-refractivity contribution in [3.05, 3.63) is 0 Å². The molecular weight excluding hydrogens is 192 g/mol. The van der Waals surface area contributed by atoms with Gasteiger partial charge >= 0.3 is 0 Å². The number of methoxy groups -OCH3 is 1. The first-order valence-corrected chi connectivity index (χ1v) is 5.88.